The molecule has 1 unspecified atom stereocenters. The number of aryl methyl sites for hydroxylation is 1. The van der Waals surface area contributed by atoms with Gasteiger partial charge in [0.1, 0.15) is 4.90 Å². The Balaban J connectivity index is 2.13. The van der Waals surface area contributed by atoms with Crippen molar-refractivity contribution >= 4 is 27.6 Å². The Bertz CT molecular complexity index is 887. The highest BCUT2D eigenvalue weighted by Gasteiger charge is 2.42. The molecule has 1 atom stereocenters. The lowest BCUT2D eigenvalue weighted by molar-refractivity contribution is -0.148. The summed E-state index contributed by atoms with van der Waals surface area (Å²) in [5.74, 6) is -0.588. The molecular weight excluding hydrogens is 364 g/mol. The molecule has 134 valence electrons. The Morgan fingerprint density at radius 3 is 2.72 bits per heavy atom. The first kappa shape index (κ1) is 18.0. The van der Waals surface area contributed by atoms with E-state index in [4.69, 9.17) is 16.3 Å². The summed E-state index contributed by atoms with van der Waals surface area (Å²) in [5.41, 5.74) is 1.13. The van der Waals surface area contributed by atoms with Gasteiger partial charge in [0.05, 0.1) is 11.6 Å². The van der Waals surface area contributed by atoms with Crippen LogP contribution in [0.25, 0.3) is 0 Å². The van der Waals surface area contributed by atoms with Crippen molar-refractivity contribution in [2.24, 2.45) is 0 Å². The Kier molecular flexibility index (Phi) is 4.90. The van der Waals surface area contributed by atoms with Gasteiger partial charge in [-0.15, -0.1) is 0 Å². The molecule has 0 bridgehead atoms. The number of halogens is 1. The van der Waals surface area contributed by atoms with Gasteiger partial charge < -0.3 is 9.30 Å². The lowest BCUT2D eigenvalue weighted by Crippen LogP contribution is -2.45. The number of sulfonamides is 1. The molecule has 0 N–H and O–H groups in total. The predicted molar refractivity (Wildman–Crippen MR) is 93.9 cm³/mol. The molecule has 0 radical (unpaired) electrons. The van der Waals surface area contributed by atoms with Gasteiger partial charge in [0.15, 0.2) is 6.04 Å². The quantitative estimate of drug-likeness (QED) is 0.762. The van der Waals surface area contributed by atoms with E-state index in [9.17, 15) is 13.2 Å². The molecule has 0 fully saturated rings. The Labute approximate surface area is 152 Å². The molecule has 3 rings (SSSR count). The van der Waals surface area contributed by atoms with Gasteiger partial charge >= 0.3 is 5.97 Å². The molecular formula is C17H19ClN2O4S. The second-order valence-electron chi connectivity index (χ2n) is 5.78. The van der Waals surface area contributed by atoms with Gasteiger partial charge in [0.2, 0.25) is 10.0 Å². The molecule has 0 saturated heterocycles. The van der Waals surface area contributed by atoms with Gasteiger partial charge in [-0.05, 0) is 37.6 Å². The van der Waals surface area contributed by atoms with Crippen LogP contribution in [0.2, 0.25) is 5.02 Å². The lowest BCUT2D eigenvalue weighted by atomic mass is 10.1. The highest BCUT2D eigenvalue weighted by molar-refractivity contribution is 7.89. The van der Waals surface area contributed by atoms with E-state index in [1.165, 1.54) is 10.4 Å². The van der Waals surface area contributed by atoms with Gasteiger partial charge in [-0.2, -0.15) is 4.31 Å². The van der Waals surface area contributed by atoms with E-state index in [1.54, 1.807) is 38.1 Å². The van der Waals surface area contributed by atoms with Crippen molar-refractivity contribution in [1.82, 2.24) is 8.87 Å². The number of aromatic nitrogens is 1. The second kappa shape index (κ2) is 6.82. The minimum Gasteiger partial charge on any atom is -0.464 e. The Hall–Kier alpha value is -1.83. The van der Waals surface area contributed by atoms with E-state index in [-0.39, 0.29) is 23.1 Å². The maximum atomic E-state index is 13.3. The third-order valence-electron chi connectivity index (χ3n) is 4.23. The summed E-state index contributed by atoms with van der Waals surface area (Å²) in [5, 5.41) is 0.142. The first-order chi connectivity index (χ1) is 11.9. The molecule has 25 heavy (non-hydrogen) atoms. The van der Waals surface area contributed by atoms with Crippen molar-refractivity contribution in [1.29, 1.82) is 0 Å². The highest BCUT2D eigenvalue weighted by atomic mass is 35.5. The number of nitrogens with zero attached hydrogens (tertiary/aromatic N) is 2. The van der Waals surface area contributed by atoms with Gasteiger partial charge in [0.25, 0.3) is 0 Å². The average molecular weight is 383 g/mol. The highest BCUT2D eigenvalue weighted by Crippen LogP contribution is 2.36. The Morgan fingerprint density at radius 1 is 1.28 bits per heavy atom. The molecule has 1 aromatic carbocycles. The number of hydrogen-bond acceptors (Lipinski definition) is 4. The molecule has 1 aliphatic heterocycles. The van der Waals surface area contributed by atoms with Crippen LogP contribution in [0.15, 0.2) is 41.4 Å². The standard InChI is InChI=1S/C17H19ClN2O4S/c1-3-24-17(21)15-14-8-5-9-19(14)10-11-20(15)25(22,23)16-12(2)6-4-7-13(16)18/h4-9,15H,3,10-11H2,1-2H3. The van der Waals surface area contributed by atoms with Crippen LogP contribution in [0.4, 0.5) is 0 Å². The van der Waals surface area contributed by atoms with E-state index in [0.717, 1.165) is 0 Å². The van der Waals surface area contributed by atoms with Crippen LogP contribution in [-0.4, -0.2) is 36.4 Å². The molecule has 6 nitrogen and oxygen atoms in total. The summed E-state index contributed by atoms with van der Waals surface area (Å²) in [6, 6.07) is 7.42. The van der Waals surface area contributed by atoms with E-state index in [0.29, 0.717) is 17.8 Å². The number of rotatable bonds is 4. The van der Waals surface area contributed by atoms with Crippen molar-refractivity contribution < 1.29 is 17.9 Å². The molecule has 0 saturated carbocycles. The molecule has 0 aliphatic carbocycles. The van der Waals surface area contributed by atoms with Crippen LogP contribution in [0.3, 0.4) is 0 Å². The zero-order valence-corrected chi connectivity index (χ0v) is 15.5. The first-order valence-electron chi connectivity index (χ1n) is 7.96. The number of esters is 1. The monoisotopic (exact) mass is 382 g/mol. The summed E-state index contributed by atoms with van der Waals surface area (Å²) in [6.45, 7) is 4.18. The van der Waals surface area contributed by atoms with Gasteiger partial charge in [-0.25, -0.2) is 13.2 Å². The number of benzene rings is 1. The third kappa shape index (κ3) is 3.07. The lowest BCUT2D eigenvalue weighted by Gasteiger charge is -2.34. The molecule has 2 heterocycles. The SMILES string of the molecule is CCOC(=O)C1c2cccn2CCN1S(=O)(=O)c1c(C)cccc1Cl. The minimum absolute atomic E-state index is 0.0333. The van der Waals surface area contributed by atoms with Crippen LogP contribution in [0, 0.1) is 6.92 Å². The minimum atomic E-state index is -3.97. The van der Waals surface area contributed by atoms with Crippen molar-refractivity contribution in [3.8, 4) is 0 Å². The van der Waals surface area contributed by atoms with E-state index < -0.39 is 22.0 Å². The van der Waals surface area contributed by atoms with Crippen LogP contribution < -0.4 is 0 Å². The van der Waals surface area contributed by atoms with E-state index in [2.05, 4.69) is 0 Å². The maximum absolute atomic E-state index is 13.3. The van der Waals surface area contributed by atoms with Gasteiger partial charge in [-0.3, -0.25) is 0 Å². The van der Waals surface area contributed by atoms with Gasteiger partial charge in [-0.1, -0.05) is 23.7 Å². The fraction of sp³-hybridized carbons (Fsp3) is 0.353. The summed E-state index contributed by atoms with van der Waals surface area (Å²) in [7, 11) is -3.97. The smallest absolute Gasteiger partial charge is 0.330 e. The summed E-state index contributed by atoms with van der Waals surface area (Å²) in [4.78, 5) is 12.6. The van der Waals surface area contributed by atoms with Crippen molar-refractivity contribution in [3.63, 3.8) is 0 Å². The molecule has 1 aromatic heterocycles. The number of fused-ring (bicyclic) bond motifs is 1. The topological polar surface area (TPSA) is 68.6 Å². The molecule has 1 aliphatic rings. The van der Waals surface area contributed by atoms with Crippen LogP contribution in [-0.2, 0) is 26.1 Å². The summed E-state index contributed by atoms with van der Waals surface area (Å²) in [6.07, 6.45) is 1.83. The predicted octanol–water partition coefficient (Wildman–Crippen LogP) is 2.76. The van der Waals surface area contributed by atoms with Crippen molar-refractivity contribution in [2.75, 3.05) is 13.2 Å². The number of hydrogen-bond donors (Lipinski definition) is 0. The van der Waals surface area contributed by atoms with Crippen molar-refractivity contribution in [2.45, 2.75) is 31.3 Å². The average Bonchev–Trinajstić information content (AvgIpc) is 3.02. The van der Waals surface area contributed by atoms with Crippen molar-refractivity contribution in [3.05, 3.63) is 52.8 Å². The fourth-order valence-corrected chi connectivity index (χ4v) is 5.47. The molecule has 0 spiro atoms. The largest absolute Gasteiger partial charge is 0.464 e. The Morgan fingerprint density at radius 2 is 2.04 bits per heavy atom. The van der Waals surface area contributed by atoms with Gasteiger partial charge in [0, 0.05) is 25.0 Å². The number of ether oxygens (including phenoxy) is 1. The maximum Gasteiger partial charge on any atom is 0.330 e. The normalized spacial score (nSPS) is 18.0. The van der Waals surface area contributed by atoms with Crippen LogP contribution in [0.1, 0.15) is 24.2 Å². The zero-order valence-electron chi connectivity index (χ0n) is 14.0. The second-order valence-corrected chi connectivity index (χ2v) is 8.02. The summed E-state index contributed by atoms with van der Waals surface area (Å²) >= 11 is 6.17. The zero-order chi connectivity index (χ0) is 18.2. The fourth-order valence-electron chi connectivity index (χ4n) is 3.14. The van der Waals surface area contributed by atoms with Crippen LogP contribution in [0.5, 0.6) is 0 Å². The number of carbonyl (C=O) groups is 1. The number of carbonyl (C=O) groups excluding carboxylic acids is 1. The summed E-state index contributed by atoms with van der Waals surface area (Å²) < 4.78 is 34.8. The van der Waals surface area contributed by atoms with Crippen LogP contribution >= 0.6 is 11.6 Å². The first-order valence-corrected chi connectivity index (χ1v) is 9.78. The van der Waals surface area contributed by atoms with E-state index in [1.807, 2.05) is 10.8 Å². The van der Waals surface area contributed by atoms with E-state index >= 15 is 0 Å². The third-order valence-corrected chi connectivity index (χ3v) is 6.73. The molecule has 2 aromatic rings. The molecule has 8 heteroatoms. The molecule has 0 amide bonds.